The molecule has 2 rings (SSSR count). The summed E-state index contributed by atoms with van der Waals surface area (Å²) in [4.78, 5) is 5.31. The Labute approximate surface area is 103 Å². The first-order chi connectivity index (χ1) is 8.24. The molecule has 0 unspecified atom stereocenters. The van der Waals surface area contributed by atoms with Gasteiger partial charge in [-0.05, 0) is 30.5 Å². The third kappa shape index (κ3) is 2.66. The number of rotatable bonds is 4. The number of hydrogen-bond donors (Lipinski definition) is 2. The topological polar surface area (TPSA) is 85.2 Å². The van der Waals surface area contributed by atoms with Crippen molar-refractivity contribution in [2.45, 2.75) is 10.9 Å². The van der Waals surface area contributed by atoms with Gasteiger partial charge in [-0.1, -0.05) is 5.16 Å². The smallest absolute Gasteiger partial charge is 0.246 e. The first kappa shape index (κ1) is 12.1. The van der Waals surface area contributed by atoms with Gasteiger partial charge in [0.25, 0.3) is 0 Å². The standard InChI is InChI=1S/C11H13N3O2S/c1-17-8-4-2-7(3-5-8)10-13-11(16-14-10)9(12)6-15/h2-5,9,15H,6,12H2,1H3/t9-/m1/s1. The van der Waals surface area contributed by atoms with Crippen molar-refractivity contribution >= 4 is 11.8 Å². The fraction of sp³-hybridized carbons (Fsp3) is 0.273. The second-order valence-electron chi connectivity index (χ2n) is 3.47. The van der Waals surface area contributed by atoms with Gasteiger partial charge in [-0.15, -0.1) is 11.8 Å². The summed E-state index contributed by atoms with van der Waals surface area (Å²) >= 11 is 1.67. The van der Waals surface area contributed by atoms with Crippen LogP contribution in [-0.4, -0.2) is 28.1 Å². The molecule has 6 heteroatoms. The Hall–Kier alpha value is -1.37. The minimum absolute atomic E-state index is 0.215. The van der Waals surface area contributed by atoms with Gasteiger partial charge in [-0.25, -0.2) is 0 Å². The molecule has 0 radical (unpaired) electrons. The van der Waals surface area contributed by atoms with Gasteiger partial charge in [0.15, 0.2) is 0 Å². The lowest BCUT2D eigenvalue weighted by molar-refractivity contribution is 0.237. The average Bonchev–Trinajstić information content (AvgIpc) is 2.87. The molecule has 1 heterocycles. The Morgan fingerprint density at radius 1 is 1.41 bits per heavy atom. The summed E-state index contributed by atoms with van der Waals surface area (Å²) in [5, 5.41) is 12.7. The van der Waals surface area contributed by atoms with Gasteiger partial charge in [-0.2, -0.15) is 4.98 Å². The molecule has 1 aromatic carbocycles. The normalized spacial score (nSPS) is 12.6. The molecule has 0 aliphatic heterocycles. The van der Waals surface area contributed by atoms with E-state index in [1.807, 2.05) is 30.5 Å². The first-order valence-corrected chi connectivity index (χ1v) is 6.31. The molecular formula is C11H13N3O2S. The Balaban J connectivity index is 2.24. The van der Waals surface area contributed by atoms with Crippen LogP contribution in [0, 0.1) is 0 Å². The van der Waals surface area contributed by atoms with Gasteiger partial charge >= 0.3 is 0 Å². The van der Waals surface area contributed by atoms with Crippen molar-refractivity contribution in [2.24, 2.45) is 5.73 Å². The maximum atomic E-state index is 8.88. The van der Waals surface area contributed by atoms with Crippen molar-refractivity contribution in [3.63, 3.8) is 0 Å². The summed E-state index contributed by atoms with van der Waals surface area (Å²) in [5.41, 5.74) is 6.45. The minimum atomic E-state index is -0.623. The highest BCUT2D eigenvalue weighted by atomic mass is 32.2. The van der Waals surface area contributed by atoms with Crippen LogP contribution in [0.5, 0.6) is 0 Å². The highest BCUT2D eigenvalue weighted by Crippen LogP contribution is 2.21. The molecule has 0 spiro atoms. The second kappa shape index (κ2) is 5.31. The summed E-state index contributed by atoms with van der Waals surface area (Å²) in [7, 11) is 0. The molecule has 0 saturated heterocycles. The van der Waals surface area contributed by atoms with E-state index in [0.717, 1.165) is 5.56 Å². The molecule has 0 fully saturated rings. The Morgan fingerprint density at radius 2 is 2.12 bits per heavy atom. The maximum Gasteiger partial charge on any atom is 0.246 e. The largest absolute Gasteiger partial charge is 0.394 e. The summed E-state index contributed by atoms with van der Waals surface area (Å²) in [6.45, 7) is -0.215. The zero-order valence-corrected chi connectivity index (χ0v) is 10.1. The number of nitrogens with two attached hydrogens (primary N) is 1. The van der Waals surface area contributed by atoms with E-state index in [9.17, 15) is 0 Å². The Kier molecular flexibility index (Phi) is 3.78. The Bertz CT molecular complexity index is 484. The van der Waals surface area contributed by atoms with Gasteiger partial charge in [0.2, 0.25) is 11.7 Å². The lowest BCUT2D eigenvalue weighted by Gasteiger charge is -1.99. The SMILES string of the molecule is CSc1ccc(-c2noc([C@H](N)CO)n2)cc1. The van der Waals surface area contributed by atoms with Crippen LogP contribution in [0.3, 0.4) is 0 Å². The molecule has 3 N–H and O–H groups in total. The summed E-state index contributed by atoms with van der Waals surface area (Å²) < 4.78 is 4.98. The van der Waals surface area contributed by atoms with Gasteiger partial charge in [-0.3, -0.25) is 0 Å². The molecule has 5 nitrogen and oxygen atoms in total. The lowest BCUT2D eigenvalue weighted by Crippen LogP contribution is -2.14. The molecule has 2 aromatic rings. The third-order valence-electron chi connectivity index (χ3n) is 2.30. The summed E-state index contributed by atoms with van der Waals surface area (Å²) in [6, 6.07) is 7.20. The first-order valence-electron chi connectivity index (χ1n) is 5.09. The van der Waals surface area contributed by atoms with Crippen LogP contribution in [0.25, 0.3) is 11.4 Å². The van der Waals surface area contributed by atoms with Crippen molar-refractivity contribution in [3.05, 3.63) is 30.2 Å². The fourth-order valence-electron chi connectivity index (χ4n) is 1.32. The van der Waals surface area contributed by atoms with Gasteiger partial charge < -0.3 is 15.4 Å². The van der Waals surface area contributed by atoms with E-state index in [1.165, 1.54) is 4.90 Å². The molecule has 0 bridgehead atoms. The zero-order valence-electron chi connectivity index (χ0n) is 9.33. The highest BCUT2D eigenvalue weighted by molar-refractivity contribution is 7.98. The monoisotopic (exact) mass is 251 g/mol. The van der Waals surface area contributed by atoms with Gasteiger partial charge in [0.05, 0.1) is 6.61 Å². The molecule has 0 saturated carbocycles. The quantitative estimate of drug-likeness (QED) is 0.800. The summed E-state index contributed by atoms with van der Waals surface area (Å²) in [5.74, 6) is 0.730. The van der Waals surface area contributed by atoms with E-state index in [0.29, 0.717) is 5.82 Å². The van der Waals surface area contributed by atoms with Gasteiger partial charge in [0, 0.05) is 10.5 Å². The maximum absolute atomic E-state index is 8.88. The Morgan fingerprint density at radius 3 is 2.71 bits per heavy atom. The molecule has 0 aliphatic carbocycles. The molecular weight excluding hydrogens is 238 g/mol. The van der Waals surface area contributed by atoms with E-state index in [1.54, 1.807) is 11.8 Å². The van der Waals surface area contributed by atoms with E-state index in [4.69, 9.17) is 15.4 Å². The van der Waals surface area contributed by atoms with Crippen molar-refractivity contribution in [2.75, 3.05) is 12.9 Å². The lowest BCUT2D eigenvalue weighted by atomic mass is 10.2. The predicted octanol–water partition coefficient (Wildman–Crippen LogP) is 1.45. The molecule has 1 atom stereocenters. The highest BCUT2D eigenvalue weighted by Gasteiger charge is 2.14. The summed E-state index contributed by atoms with van der Waals surface area (Å²) in [6.07, 6.45) is 2.02. The van der Waals surface area contributed by atoms with Crippen LogP contribution >= 0.6 is 11.8 Å². The van der Waals surface area contributed by atoms with Crippen molar-refractivity contribution in [1.29, 1.82) is 0 Å². The van der Waals surface area contributed by atoms with Crippen LogP contribution < -0.4 is 5.73 Å². The van der Waals surface area contributed by atoms with Crippen LogP contribution in [0.15, 0.2) is 33.7 Å². The van der Waals surface area contributed by atoms with E-state index >= 15 is 0 Å². The number of nitrogens with zero attached hydrogens (tertiary/aromatic N) is 2. The molecule has 90 valence electrons. The zero-order chi connectivity index (χ0) is 12.3. The number of thioether (sulfide) groups is 1. The molecule has 1 aromatic heterocycles. The average molecular weight is 251 g/mol. The van der Waals surface area contributed by atoms with E-state index in [2.05, 4.69) is 10.1 Å². The number of aliphatic hydroxyl groups excluding tert-OH is 1. The fourth-order valence-corrected chi connectivity index (χ4v) is 1.73. The van der Waals surface area contributed by atoms with Crippen LogP contribution in [0.2, 0.25) is 0 Å². The van der Waals surface area contributed by atoms with Crippen LogP contribution in [-0.2, 0) is 0 Å². The van der Waals surface area contributed by atoms with Crippen molar-refractivity contribution in [3.8, 4) is 11.4 Å². The number of aliphatic hydroxyl groups is 1. The van der Waals surface area contributed by atoms with Crippen LogP contribution in [0.1, 0.15) is 11.9 Å². The molecule has 0 aliphatic rings. The number of hydrogen-bond acceptors (Lipinski definition) is 6. The number of aromatic nitrogens is 2. The van der Waals surface area contributed by atoms with E-state index < -0.39 is 6.04 Å². The third-order valence-corrected chi connectivity index (χ3v) is 3.05. The van der Waals surface area contributed by atoms with Gasteiger partial charge in [0.1, 0.15) is 6.04 Å². The second-order valence-corrected chi connectivity index (χ2v) is 4.35. The molecule has 17 heavy (non-hydrogen) atoms. The van der Waals surface area contributed by atoms with Crippen molar-refractivity contribution in [1.82, 2.24) is 10.1 Å². The van der Waals surface area contributed by atoms with E-state index in [-0.39, 0.29) is 12.5 Å². The predicted molar refractivity (Wildman–Crippen MR) is 65.5 cm³/mol. The number of benzene rings is 1. The molecule has 0 amide bonds. The minimum Gasteiger partial charge on any atom is -0.394 e. The van der Waals surface area contributed by atoms with Crippen LogP contribution in [0.4, 0.5) is 0 Å². The van der Waals surface area contributed by atoms with Crippen molar-refractivity contribution < 1.29 is 9.63 Å².